The van der Waals surface area contributed by atoms with E-state index in [1.165, 1.54) is 6.07 Å². The molecule has 3 aromatic rings. The fourth-order valence-electron chi connectivity index (χ4n) is 3.84. The molecule has 4 rings (SSSR count). The summed E-state index contributed by atoms with van der Waals surface area (Å²) in [5.74, 6) is -0.261. The Kier molecular flexibility index (Phi) is 7.45. The number of aryl methyl sites for hydroxylation is 1. The quantitative estimate of drug-likeness (QED) is 0.462. The van der Waals surface area contributed by atoms with Gasteiger partial charge in [-0.3, -0.25) is 4.79 Å². The standard InChI is InChI=1S/C23H23BrClN3O3S2/c1-16-7-8-18(25)15-19(16)27-11-13-28(14-12-27)23(29)22(17-5-3-2-4-6-17)26-33(30,31)21-10-9-20(24)32-21/h2-10,15,22,26H,11-14H2,1H3/t22-/m0/s1. The van der Waals surface area contributed by atoms with Crippen LogP contribution in [0, 0.1) is 6.92 Å². The van der Waals surface area contributed by atoms with Crippen molar-refractivity contribution in [3.8, 4) is 0 Å². The van der Waals surface area contributed by atoms with E-state index < -0.39 is 16.1 Å². The number of sulfonamides is 1. The van der Waals surface area contributed by atoms with Crippen LogP contribution in [0.15, 0.2) is 68.7 Å². The minimum atomic E-state index is -3.87. The fourth-order valence-corrected chi connectivity index (χ4v) is 7.21. The predicted octanol–water partition coefficient (Wildman–Crippen LogP) is 4.84. The van der Waals surface area contributed by atoms with Crippen molar-refractivity contribution >= 4 is 60.5 Å². The summed E-state index contributed by atoms with van der Waals surface area (Å²) >= 11 is 10.6. The lowest BCUT2D eigenvalue weighted by Crippen LogP contribution is -2.52. The highest BCUT2D eigenvalue weighted by atomic mass is 79.9. The van der Waals surface area contributed by atoms with E-state index in [0.29, 0.717) is 40.6 Å². The zero-order chi connectivity index (χ0) is 23.6. The van der Waals surface area contributed by atoms with Crippen LogP contribution < -0.4 is 9.62 Å². The molecule has 1 amide bonds. The smallest absolute Gasteiger partial charge is 0.251 e. The largest absolute Gasteiger partial charge is 0.368 e. The monoisotopic (exact) mass is 567 g/mol. The number of anilines is 1. The first kappa shape index (κ1) is 24.2. The van der Waals surface area contributed by atoms with Gasteiger partial charge in [0, 0.05) is 36.9 Å². The van der Waals surface area contributed by atoms with Gasteiger partial charge in [-0.1, -0.05) is 48.0 Å². The molecule has 1 saturated heterocycles. The summed E-state index contributed by atoms with van der Waals surface area (Å²) in [5, 5.41) is 0.674. The second-order valence-corrected chi connectivity index (χ2v) is 12.6. The second-order valence-electron chi connectivity index (χ2n) is 7.77. The topological polar surface area (TPSA) is 69.7 Å². The number of carbonyl (C=O) groups excluding carboxylic acids is 1. The average molecular weight is 569 g/mol. The van der Waals surface area contributed by atoms with E-state index in [1.807, 2.05) is 31.2 Å². The van der Waals surface area contributed by atoms with Gasteiger partial charge in [-0.15, -0.1) is 11.3 Å². The van der Waals surface area contributed by atoms with E-state index in [2.05, 4.69) is 25.6 Å². The van der Waals surface area contributed by atoms with Gasteiger partial charge in [-0.2, -0.15) is 4.72 Å². The van der Waals surface area contributed by atoms with Crippen LogP contribution in [0.2, 0.25) is 5.02 Å². The summed E-state index contributed by atoms with van der Waals surface area (Å²) in [6.07, 6.45) is 0. The normalized spacial score (nSPS) is 15.5. The van der Waals surface area contributed by atoms with Crippen LogP contribution >= 0.6 is 38.9 Å². The van der Waals surface area contributed by atoms with E-state index in [4.69, 9.17) is 11.6 Å². The molecule has 0 radical (unpaired) electrons. The van der Waals surface area contributed by atoms with Gasteiger partial charge in [-0.05, 0) is 58.2 Å². The average Bonchev–Trinajstić information content (AvgIpc) is 3.27. The van der Waals surface area contributed by atoms with Crippen molar-refractivity contribution in [2.24, 2.45) is 0 Å². The molecule has 1 N–H and O–H groups in total. The highest BCUT2D eigenvalue weighted by Crippen LogP contribution is 2.29. The second kappa shape index (κ2) is 10.1. The van der Waals surface area contributed by atoms with Crippen LogP contribution in [0.3, 0.4) is 0 Å². The molecule has 1 fully saturated rings. The summed E-state index contributed by atoms with van der Waals surface area (Å²) < 4.78 is 29.5. The molecule has 1 aliphatic rings. The van der Waals surface area contributed by atoms with Gasteiger partial charge >= 0.3 is 0 Å². The van der Waals surface area contributed by atoms with Crippen molar-refractivity contribution in [1.82, 2.24) is 9.62 Å². The first-order valence-electron chi connectivity index (χ1n) is 10.4. The number of carbonyl (C=O) groups is 1. The highest BCUT2D eigenvalue weighted by molar-refractivity contribution is 9.11. The Labute approximate surface area is 211 Å². The van der Waals surface area contributed by atoms with Crippen molar-refractivity contribution in [3.05, 3.63) is 80.6 Å². The zero-order valence-corrected chi connectivity index (χ0v) is 21.8. The maximum absolute atomic E-state index is 13.5. The number of nitrogens with zero attached hydrogens (tertiary/aromatic N) is 2. The van der Waals surface area contributed by atoms with Crippen LogP contribution in [0.5, 0.6) is 0 Å². The maximum atomic E-state index is 13.5. The van der Waals surface area contributed by atoms with Gasteiger partial charge in [0.25, 0.3) is 10.0 Å². The molecular formula is C23H23BrClN3O3S2. The van der Waals surface area contributed by atoms with Gasteiger partial charge < -0.3 is 9.80 Å². The Balaban J connectivity index is 1.53. The van der Waals surface area contributed by atoms with Gasteiger partial charge in [0.05, 0.1) is 3.79 Å². The van der Waals surface area contributed by atoms with Crippen LogP contribution in [0.1, 0.15) is 17.2 Å². The molecule has 10 heteroatoms. The van der Waals surface area contributed by atoms with E-state index >= 15 is 0 Å². The van der Waals surface area contributed by atoms with Crippen molar-refractivity contribution < 1.29 is 13.2 Å². The molecular weight excluding hydrogens is 546 g/mol. The molecule has 1 atom stereocenters. The Morgan fingerprint density at radius 1 is 1.06 bits per heavy atom. The van der Waals surface area contributed by atoms with Crippen molar-refractivity contribution in [3.63, 3.8) is 0 Å². The minimum absolute atomic E-state index is 0.157. The molecule has 33 heavy (non-hydrogen) atoms. The number of hydrogen-bond acceptors (Lipinski definition) is 5. The Hall–Kier alpha value is -1.91. The summed E-state index contributed by atoms with van der Waals surface area (Å²) in [6.45, 7) is 4.28. The SMILES string of the molecule is Cc1ccc(Cl)cc1N1CCN(C(=O)[C@@H](NS(=O)(=O)c2ccc(Br)s2)c2ccccc2)CC1. The van der Waals surface area contributed by atoms with E-state index in [-0.39, 0.29) is 10.1 Å². The number of piperazine rings is 1. The zero-order valence-electron chi connectivity index (χ0n) is 17.9. The third kappa shape index (κ3) is 5.60. The number of hydrogen-bond donors (Lipinski definition) is 1. The summed E-state index contributed by atoms with van der Waals surface area (Å²) in [7, 11) is -3.87. The first-order valence-corrected chi connectivity index (χ1v) is 13.8. The molecule has 0 spiro atoms. The number of halogens is 2. The Bertz CT molecular complexity index is 1240. The van der Waals surface area contributed by atoms with Gasteiger partial charge in [0.1, 0.15) is 10.3 Å². The van der Waals surface area contributed by atoms with Gasteiger partial charge in [0.2, 0.25) is 5.91 Å². The van der Waals surface area contributed by atoms with Crippen molar-refractivity contribution in [1.29, 1.82) is 0 Å². The van der Waals surface area contributed by atoms with Crippen molar-refractivity contribution in [2.75, 3.05) is 31.1 Å². The summed E-state index contributed by atoms with van der Waals surface area (Å²) in [4.78, 5) is 17.5. The molecule has 0 aliphatic carbocycles. The number of nitrogens with one attached hydrogen (secondary N) is 1. The predicted molar refractivity (Wildman–Crippen MR) is 137 cm³/mol. The van der Waals surface area contributed by atoms with Crippen LogP contribution in [0.4, 0.5) is 5.69 Å². The molecule has 1 aliphatic heterocycles. The number of thiophene rings is 1. The molecule has 6 nitrogen and oxygen atoms in total. The number of rotatable bonds is 6. The molecule has 2 heterocycles. The number of amides is 1. The number of benzene rings is 2. The molecule has 2 aromatic carbocycles. The van der Waals surface area contributed by atoms with Crippen molar-refractivity contribution in [2.45, 2.75) is 17.2 Å². The minimum Gasteiger partial charge on any atom is -0.368 e. The lowest BCUT2D eigenvalue weighted by Gasteiger charge is -2.38. The van der Waals surface area contributed by atoms with Crippen LogP contribution in [-0.2, 0) is 14.8 Å². The maximum Gasteiger partial charge on any atom is 0.251 e. The van der Waals surface area contributed by atoms with E-state index in [9.17, 15) is 13.2 Å². The lowest BCUT2D eigenvalue weighted by molar-refractivity contribution is -0.133. The Morgan fingerprint density at radius 3 is 2.39 bits per heavy atom. The van der Waals surface area contributed by atoms with Crippen LogP contribution in [0.25, 0.3) is 0 Å². The van der Waals surface area contributed by atoms with Gasteiger partial charge in [-0.25, -0.2) is 8.42 Å². The molecule has 0 unspecified atom stereocenters. The molecule has 174 valence electrons. The van der Waals surface area contributed by atoms with E-state index in [0.717, 1.165) is 22.6 Å². The molecule has 0 saturated carbocycles. The third-order valence-electron chi connectivity index (χ3n) is 5.57. The summed E-state index contributed by atoms with van der Waals surface area (Å²) in [5.41, 5.74) is 2.78. The Morgan fingerprint density at radius 2 is 1.76 bits per heavy atom. The first-order chi connectivity index (χ1) is 15.7. The lowest BCUT2D eigenvalue weighted by atomic mass is 10.1. The molecule has 0 bridgehead atoms. The third-order valence-corrected chi connectivity index (χ3v) is 9.34. The van der Waals surface area contributed by atoms with Crippen LogP contribution in [-0.4, -0.2) is 45.4 Å². The van der Waals surface area contributed by atoms with Gasteiger partial charge in [0.15, 0.2) is 0 Å². The van der Waals surface area contributed by atoms with E-state index in [1.54, 1.807) is 35.2 Å². The highest BCUT2D eigenvalue weighted by Gasteiger charge is 2.33. The molecule has 1 aromatic heterocycles. The summed E-state index contributed by atoms with van der Waals surface area (Å²) in [6, 6.07) is 16.9. The fraction of sp³-hybridized carbons (Fsp3) is 0.261.